The molecule has 3 aromatic heterocycles. The van der Waals surface area contributed by atoms with E-state index >= 15 is 0 Å². The number of hydrogen-bond donors (Lipinski definition) is 2. The predicted molar refractivity (Wildman–Crippen MR) is 182 cm³/mol. The summed E-state index contributed by atoms with van der Waals surface area (Å²) in [7, 11) is -3.91. The van der Waals surface area contributed by atoms with Crippen LogP contribution < -0.4 is 10.1 Å². The number of aryl methyl sites for hydroxylation is 3. The fourth-order valence-electron chi connectivity index (χ4n) is 6.55. The summed E-state index contributed by atoms with van der Waals surface area (Å²) in [6.07, 6.45) is 5.18. The molecular formula is C35H42N8O4S. The molecule has 0 aliphatic carbocycles. The zero-order valence-electron chi connectivity index (χ0n) is 28.2. The second-order valence-corrected chi connectivity index (χ2v) is 14.8. The molecule has 6 rings (SSSR count). The van der Waals surface area contributed by atoms with Gasteiger partial charge in [0, 0.05) is 37.6 Å². The Morgan fingerprint density at radius 2 is 1.94 bits per heavy atom. The quantitative estimate of drug-likeness (QED) is 0.211. The number of benzene rings is 2. The van der Waals surface area contributed by atoms with Crippen LogP contribution in [0.2, 0.25) is 0 Å². The lowest BCUT2D eigenvalue weighted by molar-refractivity contribution is -0.130. The van der Waals surface area contributed by atoms with E-state index in [4.69, 9.17) is 4.74 Å². The molecule has 13 heteroatoms. The smallest absolute Gasteiger partial charge is 0.248 e. The number of imidazole rings is 1. The maximum Gasteiger partial charge on any atom is 0.248 e. The van der Waals surface area contributed by atoms with Gasteiger partial charge in [-0.1, -0.05) is 50.3 Å². The van der Waals surface area contributed by atoms with Crippen LogP contribution in [0.25, 0.3) is 11.0 Å². The van der Waals surface area contributed by atoms with Crippen molar-refractivity contribution in [1.29, 1.82) is 0 Å². The van der Waals surface area contributed by atoms with Gasteiger partial charge < -0.3 is 15.0 Å². The highest BCUT2D eigenvalue weighted by atomic mass is 32.2. The number of amides is 1. The maximum atomic E-state index is 14.1. The zero-order valence-corrected chi connectivity index (χ0v) is 29.0. The second-order valence-electron chi connectivity index (χ2n) is 12.9. The largest absolute Gasteiger partial charge is 0.472 e. The van der Waals surface area contributed by atoms with E-state index < -0.39 is 21.4 Å². The van der Waals surface area contributed by atoms with Gasteiger partial charge >= 0.3 is 0 Å². The summed E-state index contributed by atoms with van der Waals surface area (Å²) in [6.45, 7) is 13.1. The average Bonchev–Trinajstić information content (AvgIpc) is 3.73. The van der Waals surface area contributed by atoms with Gasteiger partial charge in [0.2, 0.25) is 21.8 Å². The molecule has 2 N–H and O–H groups in total. The molecule has 1 aliphatic heterocycles. The first-order chi connectivity index (χ1) is 22.9. The van der Waals surface area contributed by atoms with Gasteiger partial charge in [-0.3, -0.25) is 4.79 Å². The highest BCUT2D eigenvalue weighted by Gasteiger charge is 2.41. The van der Waals surface area contributed by atoms with Crippen molar-refractivity contribution < 1.29 is 17.9 Å². The minimum atomic E-state index is -3.91. The summed E-state index contributed by atoms with van der Waals surface area (Å²) in [4.78, 5) is 25.6. The van der Waals surface area contributed by atoms with E-state index in [1.807, 2.05) is 70.5 Å². The first-order valence-electron chi connectivity index (χ1n) is 16.3. The van der Waals surface area contributed by atoms with Crippen molar-refractivity contribution in [2.75, 3.05) is 6.54 Å². The highest BCUT2D eigenvalue weighted by molar-refractivity contribution is 7.89. The number of sulfonamides is 1. The minimum Gasteiger partial charge on any atom is -0.472 e. The Kier molecular flexibility index (Phi) is 9.10. The summed E-state index contributed by atoms with van der Waals surface area (Å²) in [5.41, 5.74) is 5.31. The van der Waals surface area contributed by atoms with Crippen LogP contribution in [0.3, 0.4) is 0 Å². The Labute approximate surface area is 281 Å². The van der Waals surface area contributed by atoms with Gasteiger partial charge in [0.15, 0.2) is 0 Å². The number of aromatic nitrogens is 6. The van der Waals surface area contributed by atoms with Crippen molar-refractivity contribution in [2.45, 2.75) is 84.5 Å². The van der Waals surface area contributed by atoms with Gasteiger partial charge in [-0.05, 0) is 73.2 Å². The van der Waals surface area contributed by atoms with Gasteiger partial charge in [-0.25, -0.2) is 23.1 Å². The molecule has 0 saturated carbocycles. The number of nitrogens with one attached hydrogen (secondary N) is 2. The molecule has 252 valence electrons. The molecule has 2 aromatic carbocycles. The van der Waals surface area contributed by atoms with Crippen molar-refractivity contribution in [1.82, 2.24) is 39.6 Å². The SMILES string of the molecule is CC[C@@H]1CN(Cc2cc([C@@H](c3ccc4c(nnn4CC)c3C)C(C)(C)C(=O)NCc3ncc[nH]3)ccc2C)S(=O)(=O)c2cccnc2O1. The third-order valence-corrected chi connectivity index (χ3v) is 11.2. The number of carbonyl (C=O) groups is 1. The number of hydrogen-bond acceptors (Lipinski definition) is 8. The summed E-state index contributed by atoms with van der Waals surface area (Å²) >= 11 is 0. The molecule has 5 aromatic rings. The molecule has 0 unspecified atom stereocenters. The van der Waals surface area contributed by atoms with Crippen molar-refractivity contribution in [3.63, 3.8) is 0 Å². The van der Waals surface area contributed by atoms with Crippen molar-refractivity contribution in [3.8, 4) is 5.88 Å². The molecule has 0 saturated heterocycles. The van der Waals surface area contributed by atoms with E-state index in [-0.39, 0.29) is 42.4 Å². The van der Waals surface area contributed by atoms with Crippen LogP contribution in [0, 0.1) is 19.3 Å². The van der Waals surface area contributed by atoms with Crippen molar-refractivity contribution >= 4 is 27.0 Å². The number of ether oxygens (including phenoxy) is 1. The highest BCUT2D eigenvalue weighted by Crippen LogP contribution is 2.44. The monoisotopic (exact) mass is 670 g/mol. The Morgan fingerprint density at radius 1 is 1.12 bits per heavy atom. The van der Waals surface area contributed by atoms with E-state index in [9.17, 15) is 13.2 Å². The fraction of sp³-hybridized carbons (Fsp3) is 0.400. The Morgan fingerprint density at radius 3 is 2.67 bits per heavy atom. The minimum absolute atomic E-state index is 0.0612. The molecule has 0 spiro atoms. The number of aromatic amines is 1. The van der Waals surface area contributed by atoms with Gasteiger partial charge in [0.25, 0.3) is 0 Å². The molecule has 0 fully saturated rings. The van der Waals surface area contributed by atoms with E-state index in [1.165, 1.54) is 4.31 Å². The lowest BCUT2D eigenvalue weighted by atomic mass is 9.69. The predicted octanol–water partition coefficient (Wildman–Crippen LogP) is 5.02. The zero-order chi connectivity index (χ0) is 34.2. The average molecular weight is 671 g/mol. The van der Waals surface area contributed by atoms with Gasteiger partial charge in [-0.2, -0.15) is 4.31 Å². The van der Waals surface area contributed by atoms with Crippen LogP contribution in [0.1, 0.15) is 73.7 Å². The van der Waals surface area contributed by atoms with Crippen molar-refractivity contribution in [3.05, 3.63) is 94.7 Å². The molecule has 1 amide bonds. The first kappa shape index (κ1) is 33.3. The van der Waals surface area contributed by atoms with Crippen molar-refractivity contribution in [2.24, 2.45) is 5.41 Å². The van der Waals surface area contributed by atoms with E-state index in [2.05, 4.69) is 36.6 Å². The van der Waals surface area contributed by atoms with Crippen LogP contribution in [0.5, 0.6) is 5.88 Å². The number of H-pyrrole nitrogens is 1. The standard InChI is InChI=1S/C35H42N8O4S/c1-7-26-21-42(48(45,46)29-10-9-15-38-33(29)47-26)20-25-18-24(12-11-22(25)3)31(35(5,6)34(44)39-19-30-36-16-17-37-30)27-13-14-28-32(23(27)4)40-41-43(28)8-2/h9-18,26,31H,7-8,19-21H2,1-6H3,(H,36,37)(H,39,44)/t26-,31+/m1/s1. The molecule has 0 bridgehead atoms. The Hall–Kier alpha value is -4.62. The summed E-state index contributed by atoms with van der Waals surface area (Å²) in [5, 5.41) is 11.9. The molecule has 12 nitrogen and oxygen atoms in total. The fourth-order valence-corrected chi connectivity index (χ4v) is 8.07. The van der Waals surface area contributed by atoms with Crippen LogP contribution in [-0.4, -0.2) is 61.2 Å². The topological polar surface area (TPSA) is 148 Å². The number of carbonyl (C=O) groups excluding carboxylic acids is 1. The summed E-state index contributed by atoms with van der Waals surface area (Å²) < 4.78 is 37.4. The number of rotatable bonds is 10. The maximum absolute atomic E-state index is 14.1. The van der Waals surface area contributed by atoms with Gasteiger partial charge in [-0.15, -0.1) is 5.10 Å². The molecular weight excluding hydrogens is 629 g/mol. The molecule has 48 heavy (non-hydrogen) atoms. The molecule has 2 atom stereocenters. The number of fused-ring (bicyclic) bond motifs is 2. The van der Waals surface area contributed by atoms with Gasteiger partial charge in [0.05, 0.1) is 24.0 Å². The number of pyridine rings is 1. The number of nitrogens with zero attached hydrogens (tertiary/aromatic N) is 6. The second kappa shape index (κ2) is 13.1. The summed E-state index contributed by atoms with van der Waals surface area (Å²) in [6, 6.07) is 13.3. The van der Waals surface area contributed by atoms with Crippen LogP contribution >= 0.6 is 0 Å². The van der Waals surface area contributed by atoms with E-state index in [0.29, 0.717) is 18.8 Å². The lowest BCUT2D eigenvalue weighted by Gasteiger charge is -2.35. The van der Waals surface area contributed by atoms with Crippen LogP contribution in [-0.2, 0) is 34.5 Å². The molecule has 4 heterocycles. The van der Waals surface area contributed by atoms with E-state index in [0.717, 1.165) is 38.9 Å². The molecule has 0 radical (unpaired) electrons. The Bertz CT molecular complexity index is 2060. The summed E-state index contributed by atoms with van der Waals surface area (Å²) in [5.74, 6) is 0.226. The van der Waals surface area contributed by atoms with E-state index in [1.54, 1.807) is 30.7 Å². The lowest BCUT2D eigenvalue weighted by Crippen LogP contribution is -2.41. The van der Waals surface area contributed by atoms with Crippen LogP contribution in [0.15, 0.2) is 66.0 Å². The van der Waals surface area contributed by atoms with Crippen LogP contribution in [0.4, 0.5) is 0 Å². The third kappa shape index (κ3) is 6.08. The third-order valence-electron chi connectivity index (χ3n) is 9.42. The Balaban J connectivity index is 1.44. The normalized spacial score (nSPS) is 17.0. The molecule has 1 aliphatic rings. The first-order valence-corrected chi connectivity index (χ1v) is 17.7. The van der Waals surface area contributed by atoms with Gasteiger partial charge in [0.1, 0.15) is 22.3 Å².